The summed E-state index contributed by atoms with van der Waals surface area (Å²) < 4.78 is 0. The van der Waals surface area contributed by atoms with Crippen molar-refractivity contribution in [3.05, 3.63) is 66.2 Å². The quantitative estimate of drug-likeness (QED) is 0.820. The Morgan fingerprint density at radius 1 is 0.944 bits per heavy atom. The zero-order chi connectivity index (χ0) is 12.8. The Hall–Kier alpha value is -2.42. The number of para-hydroxylation sites is 1. The normalized spacial score (nSPS) is 11.1. The first-order valence-corrected chi connectivity index (χ1v) is 5.72. The molecular weight excluding hydrogens is 224 g/mol. The molecule has 2 aromatic rings. The van der Waals surface area contributed by atoms with Crippen molar-refractivity contribution >= 4 is 17.3 Å². The van der Waals surface area contributed by atoms with Crippen molar-refractivity contribution in [2.45, 2.75) is 0 Å². The number of likely N-dealkylation sites (N-methyl/N-ethyl adjacent to an activating group) is 1. The average Bonchev–Trinajstić information content (AvgIpc) is 2.46. The van der Waals surface area contributed by atoms with Crippen LogP contribution in [0.25, 0.3) is 0 Å². The molecule has 0 bridgehead atoms. The van der Waals surface area contributed by atoms with Gasteiger partial charge in [-0.1, -0.05) is 48.5 Å². The van der Waals surface area contributed by atoms with E-state index in [0.29, 0.717) is 5.71 Å². The number of nitrogens with one attached hydrogen (secondary N) is 1. The summed E-state index contributed by atoms with van der Waals surface area (Å²) in [4.78, 5) is 16.3. The highest BCUT2D eigenvalue weighted by molar-refractivity contribution is 6.45. The van der Waals surface area contributed by atoms with Gasteiger partial charge in [-0.15, -0.1) is 0 Å². The summed E-state index contributed by atoms with van der Waals surface area (Å²) >= 11 is 0. The molecule has 0 unspecified atom stereocenters. The van der Waals surface area contributed by atoms with E-state index < -0.39 is 0 Å². The number of hydrogen-bond acceptors (Lipinski definition) is 2. The molecule has 1 amide bonds. The number of amides is 1. The first-order valence-electron chi connectivity index (χ1n) is 5.72. The molecule has 3 heteroatoms. The maximum atomic E-state index is 11.9. The number of hydrogen-bond donors (Lipinski definition) is 1. The summed E-state index contributed by atoms with van der Waals surface area (Å²) in [5, 5.41) is 2.61. The highest BCUT2D eigenvalue weighted by atomic mass is 16.1. The number of nitrogens with zero attached hydrogens (tertiary/aromatic N) is 1. The van der Waals surface area contributed by atoms with Crippen LogP contribution in [0.15, 0.2) is 65.7 Å². The standard InChI is InChI=1S/C15H14N2O/c1-16-15(18)14(12-8-4-2-5-9-12)17-13-10-6-3-7-11-13/h2-11H,1H3,(H,16,18). The second-order valence-electron chi connectivity index (χ2n) is 3.74. The summed E-state index contributed by atoms with van der Waals surface area (Å²) in [5.41, 5.74) is 1.99. The van der Waals surface area contributed by atoms with E-state index in [1.807, 2.05) is 60.7 Å². The van der Waals surface area contributed by atoms with Crippen molar-refractivity contribution in [1.82, 2.24) is 5.32 Å². The first kappa shape index (κ1) is 12.0. The molecule has 0 aliphatic heterocycles. The molecule has 0 aliphatic carbocycles. The van der Waals surface area contributed by atoms with E-state index in [0.717, 1.165) is 11.3 Å². The lowest BCUT2D eigenvalue weighted by molar-refractivity contribution is -0.114. The topological polar surface area (TPSA) is 41.5 Å². The van der Waals surface area contributed by atoms with Gasteiger partial charge in [0.05, 0.1) is 5.69 Å². The van der Waals surface area contributed by atoms with Gasteiger partial charge < -0.3 is 5.32 Å². The molecule has 2 rings (SSSR count). The van der Waals surface area contributed by atoms with Crippen molar-refractivity contribution < 1.29 is 4.79 Å². The third kappa shape index (κ3) is 2.83. The SMILES string of the molecule is CNC(=O)C(=Nc1ccccc1)c1ccccc1. The van der Waals surface area contributed by atoms with Crippen LogP contribution < -0.4 is 5.32 Å². The lowest BCUT2D eigenvalue weighted by atomic mass is 10.1. The van der Waals surface area contributed by atoms with Crippen LogP contribution in [-0.4, -0.2) is 18.7 Å². The lowest BCUT2D eigenvalue weighted by Crippen LogP contribution is -2.28. The molecule has 1 N–H and O–H groups in total. The van der Waals surface area contributed by atoms with Crippen LogP contribution in [0.2, 0.25) is 0 Å². The molecule has 0 saturated carbocycles. The van der Waals surface area contributed by atoms with Crippen LogP contribution >= 0.6 is 0 Å². The van der Waals surface area contributed by atoms with Crippen LogP contribution in [0.4, 0.5) is 5.69 Å². The van der Waals surface area contributed by atoms with Crippen LogP contribution in [0.1, 0.15) is 5.56 Å². The van der Waals surface area contributed by atoms with Gasteiger partial charge in [0.2, 0.25) is 0 Å². The Morgan fingerprint density at radius 2 is 1.50 bits per heavy atom. The van der Waals surface area contributed by atoms with Crippen molar-refractivity contribution in [3.8, 4) is 0 Å². The van der Waals surface area contributed by atoms with Crippen LogP contribution in [-0.2, 0) is 4.79 Å². The number of carbonyl (C=O) groups excluding carboxylic acids is 1. The molecule has 0 radical (unpaired) electrons. The predicted octanol–water partition coefficient (Wildman–Crippen LogP) is 2.55. The average molecular weight is 238 g/mol. The number of benzene rings is 2. The van der Waals surface area contributed by atoms with Crippen molar-refractivity contribution in [1.29, 1.82) is 0 Å². The summed E-state index contributed by atoms with van der Waals surface area (Å²) in [6, 6.07) is 18.9. The van der Waals surface area contributed by atoms with Gasteiger partial charge in [0.15, 0.2) is 0 Å². The van der Waals surface area contributed by atoms with Crippen molar-refractivity contribution in [2.75, 3.05) is 7.05 Å². The highest BCUT2D eigenvalue weighted by Crippen LogP contribution is 2.13. The fourth-order valence-electron chi connectivity index (χ4n) is 1.59. The third-order valence-electron chi connectivity index (χ3n) is 2.49. The van der Waals surface area contributed by atoms with Gasteiger partial charge in [-0.05, 0) is 12.1 Å². The maximum Gasteiger partial charge on any atom is 0.270 e. The van der Waals surface area contributed by atoms with Crippen LogP contribution in [0.3, 0.4) is 0 Å². The molecule has 0 aliphatic rings. The van der Waals surface area contributed by atoms with Gasteiger partial charge in [-0.25, -0.2) is 4.99 Å². The molecule has 0 fully saturated rings. The fraction of sp³-hybridized carbons (Fsp3) is 0.0667. The number of aliphatic imine (C=N–C) groups is 1. The van der Waals surface area contributed by atoms with Gasteiger partial charge in [-0.2, -0.15) is 0 Å². The zero-order valence-electron chi connectivity index (χ0n) is 10.1. The van der Waals surface area contributed by atoms with E-state index in [1.54, 1.807) is 7.05 Å². The van der Waals surface area contributed by atoms with Gasteiger partial charge in [0.1, 0.15) is 5.71 Å². The van der Waals surface area contributed by atoms with Gasteiger partial charge in [-0.3, -0.25) is 4.79 Å². The molecule has 0 heterocycles. The van der Waals surface area contributed by atoms with E-state index in [9.17, 15) is 4.79 Å². The molecule has 2 aromatic carbocycles. The zero-order valence-corrected chi connectivity index (χ0v) is 10.1. The lowest BCUT2D eigenvalue weighted by Gasteiger charge is -2.05. The Bertz CT molecular complexity index is 547. The van der Waals surface area contributed by atoms with Crippen molar-refractivity contribution in [3.63, 3.8) is 0 Å². The molecule has 90 valence electrons. The van der Waals surface area contributed by atoms with E-state index >= 15 is 0 Å². The van der Waals surface area contributed by atoms with Gasteiger partial charge in [0.25, 0.3) is 5.91 Å². The molecule has 0 spiro atoms. The second-order valence-corrected chi connectivity index (χ2v) is 3.74. The smallest absolute Gasteiger partial charge is 0.270 e. The maximum absolute atomic E-state index is 11.9. The Morgan fingerprint density at radius 3 is 2.06 bits per heavy atom. The summed E-state index contributed by atoms with van der Waals surface area (Å²) in [5.74, 6) is -0.190. The molecule has 0 aromatic heterocycles. The minimum atomic E-state index is -0.190. The molecule has 0 atom stereocenters. The Labute approximate surface area is 106 Å². The minimum absolute atomic E-state index is 0.190. The first-order chi connectivity index (χ1) is 8.81. The molecule has 3 nitrogen and oxygen atoms in total. The van der Waals surface area contributed by atoms with Crippen molar-refractivity contribution in [2.24, 2.45) is 4.99 Å². The van der Waals surface area contributed by atoms with Gasteiger partial charge in [0, 0.05) is 12.6 Å². The van der Waals surface area contributed by atoms with Gasteiger partial charge >= 0.3 is 0 Å². The summed E-state index contributed by atoms with van der Waals surface area (Å²) in [6.07, 6.45) is 0. The molecular formula is C15H14N2O. The highest BCUT2D eigenvalue weighted by Gasteiger charge is 2.11. The third-order valence-corrected chi connectivity index (χ3v) is 2.49. The van der Waals surface area contributed by atoms with E-state index in [1.165, 1.54) is 0 Å². The monoisotopic (exact) mass is 238 g/mol. The summed E-state index contributed by atoms with van der Waals surface area (Å²) in [6.45, 7) is 0. The molecule has 0 saturated heterocycles. The van der Waals surface area contributed by atoms with Crippen LogP contribution in [0.5, 0.6) is 0 Å². The fourth-order valence-corrected chi connectivity index (χ4v) is 1.59. The Kier molecular flexibility index (Phi) is 3.86. The number of rotatable bonds is 3. The predicted molar refractivity (Wildman–Crippen MR) is 73.1 cm³/mol. The van der Waals surface area contributed by atoms with E-state index in [4.69, 9.17) is 0 Å². The minimum Gasteiger partial charge on any atom is -0.354 e. The molecule has 18 heavy (non-hydrogen) atoms. The largest absolute Gasteiger partial charge is 0.354 e. The number of carbonyl (C=O) groups is 1. The van der Waals surface area contributed by atoms with E-state index in [2.05, 4.69) is 10.3 Å². The second kappa shape index (κ2) is 5.77. The Balaban J connectivity index is 2.44. The van der Waals surface area contributed by atoms with E-state index in [-0.39, 0.29) is 5.91 Å². The summed E-state index contributed by atoms with van der Waals surface area (Å²) in [7, 11) is 1.60. The van der Waals surface area contributed by atoms with Crippen LogP contribution in [0, 0.1) is 0 Å².